The molecule has 1 rings (SSSR count). The highest BCUT2D eigenvalue weighted by atomic mass is 16.5. The van der Waals surface area contributed by atoms with Crippen LogP contribution in [0.15, 0.2) is 18.2 Å². The van der Waals surface area contributed by atoms with E-state index in [1.165, 1.54) is 11.1 Å². The minimum absolute atomic E-state index is 0.165. The molecule has 0 N–H and O–H groups in total. The number of benzene rings is 1. The Kier molecular flexibility index (Phi) is 5.36. The molecular formula is C15H22O2. The predicted molar refractivity (Wildman–Crippen MR) is 70.3 cm³/mol. The van der Waals surface area contributed by atoms with Gasteiger partial charge in [-0.2, -0.15) is 0 Å². The number of methoxy groups -OCH3 is 1. The summed E-state index contributed by atoms with van der Waals surface area (Å²) in [7, 11) is 1.68. The molecule has 1 atom stereocenters. The Bertz CT molecular complexity index is 362. The molecule has 17 heavy (non-hydrogen) atoms. The first-order chi connectivity index (χ1) is 8.01. The molecule has 0 aliphatic heterocycles. The Hall–Kier alpha value is -1.15. The van der Waals surface area contributed by atoms with Gasteiger partial charge in [-0.3, -0.25) is 4.79 Å². The van der Waals surface area contributed by atoms with Gasteiger partial charge in [0.05, 0.1) is 6.10 Å². The molecule has 0 radical (unpaired) electrons. The summed E-state index contributed by atoms with van der Waals surface area (Å²) in [6.45, 7) is 6.12. The lowest BCUT2D eigenvalue weighted by atomic mass is 10.0. The van der Waals surface area contributed by atoms with Crippen LogP contribution >= 0.6 is 0 Å². The molecule has 2 heteroatoms. The number of ketones is 1. The number of Topliss-reactive ketones (excluding diaryl/α,β-unsaturated/α-hetero) is 1. The van der Waals surface area contributed by atoms with Crippen molar-refractivity contribution in [2.24, 2.45) is 0 Å². The number of carbonyl (C=O) groups excluding carboxylic acids is 1. The molecule has 94 valence electrons. The lowest BCUT2D eigenvalue weighted by Gasteiger charge is -2.08. The molecule has 0 aliphatic carbocycles. The van der Waals surface area contributed by atoms with Gasteiger partial charge in [-0.1, -0.05) is 29.3 Å². The quantitative estimate of drug-likeness (QED) is 0.755. The summed E-state index contributed by atoms with van der Waals surface area (Å²) in [6, 6.07) is 6.30. The molecule has 2 nitrogen and oxygen atoms in total. The van der Waals surface area contributed by atoms with Crippen molar-refractivity contribution in [3.8, 4) is 0 Å². The molecule has 0 saturated heterocycles. The van der Waals surface area contributed by atoms with Gasteiger partial charge in [-0.25, -0.2) is 0 Å². The standard InChI is InChI=1S/C15H22O2/c1-11-7-12(2)9-14(8-11)10-15(16)6-5-13(3)17-4/h7-9,13H,5-6,10H2,1-4H3. The van der Waals surface area contributed by atoms with Crippen molar-refractivity contribution in [1.29, 1.82) is 0 Å². The van der Waals surface area contributed by atoms with E-state index in [-0.39, 0.29) is 6.10 Å². The number of hydrogen-bond donors (Lipinski definition) is 0. The molecule has 0 heterocycles. The van der Waals surface area contributed by atoms with Gasteiger partial charge in [0.25, 0.3) is 0 Å². The van der Waals surface area contributed by atoms with Gasteiger partial charge >= 0.3 is 0 Å². The fourth-order valence-electron chi connectivity index (χ4n) is 1.97. The van der Waals surface area contributed by atoms with E-state index >= 15 is 0 Å². The summed E-state index contributed by atoms with van der Waals surface area (Å²) in [4.78, 5) is 11.8. The van der Waals surface area contributed by atoms with E-state index < -0.39 is 0 Å². The molecule has 1 aromatic carbocycles. The molecule has 1 aromatic rings. The van der Waals surface area contributed by atoms with Crippen LogP contribution in [-0.2, 0) is 16.0 Å². The van der Waals surface area contributed by atoms with Crippen molar-refractivity contribution < 1.29 is 9.53 Å². The average Bonchev–Trinajstić information content (AvgIpc) is 2.24. The van der Waals surface area contributed by atoms with Crippen molar-refractivity contribution in [2.75, 3.05) is 7.11 Å². The predicted octanol–water partition coefficient (Wildman–Crippen LogP) is 3.23. The molecular weight excluding hydrogens is 212 g/mol. The van der Waals surface area contributed by atoms with Crippen LogP contribution < -0.4 is 0 Å². The second-order valence-electron chi connectivity index (χ2n) is 4.80. The highest BCUT2D eigenvalue weighted by molar-refractivity contribution is 5.80. The van der Waals surface area contributed by atoms with Crippen LogP contribution in [0.5, 0.6) is 0 Å². The highest BCUT2D eigenvalue weighted by Gasteiger charge is 2.07. The van der Waals surface area contributed by atoms with E-state index in [9.17, 15) is 4.79 Å². The van der Waals surface area contributed by atoms with Gasteiger partial charge in [-0.05, 0) is 32.8 Å². The number of carbonyl (C=O) groups is 1. The van der Waals surface area contributed by atoms with E-state index in [1.54, 1.807) is 7.11 Å². The molecule has 0 bridgehead atoms. The average molecular weight is 234 g/mol. The molecule has 0 amide bonds. The Morgan fingerprint density at radius 2 is 1.82 bits per heavy atom. The summed E-state index contributed by atoms with van der Waals surface area (Å²) >= 11 is 0. The minimum atomic E-state index is 0.165. The Balaban J connectivity index is 2.50. The van der Waals surface area contributed by atoms with Crippen molar-refractivity contribution in [3.05, 3.63) is 34.9 Å². The lowest BCUT2D eigenvalue weighted by molar-refractivity contribution is -0.119. The molecule has 1 unspecified atom stereocenters. The number of hydrogen-bond acceptors (Lipinski definition) is 2. The van der Waals surface area contributed by atoms with Gasteiger partial charge in [0.2, 0.25) is 0 Å². The fourth-order valence-corrected chi connectivity index (χ4v) is 1.97. The summed E-state index contributed by atoms with van der Waals surface area (Å²) in [5, 5.41) is 0. The lowest BCUT2D eigenvalue weighted by Crippen LogP contribution is -2.10. The Labute approximate surface area is 104 Å². The van der Waals surface area contributed by atoms with E-state index in [0.29, 0.717) is 18.6 Å². The number of ether oxygens (including phenoxy) is 1. The van der Waals surface area contributed by atoms with Gasteiger partial charge in [0, 0.05) is 20.0 Å². The highest BCUT2D eigenvalue weighted by Crippen LogP contribution is 2.11. The maximum absolute atomic E-state index is 11.8. The second kappa shape index (κ2) is 6.55. The second-order valence-corrected chi connectivity index (χ2v) is 4.80. The van der Waals surface area contributed by atoms with Gasteiger partial charge in [-0.15, -0.1) is 0 Å². The largest absolute Gasteiger partial charge is 0.382 e. The monoisotopic (exact) mass is 234 g/mol. The van der Waals surface area contributed by atoms with E-state index in [1.807, 2.05) is 6.92 Å². The van der Waals surface area contributed by atoms with Crippen molar-refractivity contribution in [3.63, 3.8) is 0 Å². The third-order valence-electron chi connectivity index (χ3n) is 2.91. The van der Waals surface area contributed by atoms with Gasteiger partial charge in [0.1, 0.15) is 5.78 Å². The van der Waals surface area contributed by atoms with E-state index in [2.05, 4.69) is 32.0 Å². The van der Waals surface area contributed by atoms with Gasteiger partial charge in [0.15, 0.2) is 0 Å². The zero-order valence-corrected chi connectivity index (χ0v) is 11.2. The van der Waals surface area contributed by atoms with Crippen LogP contribution in [0, 0.1) is 13.8 Å². The van der Waals surface area contributed by atoms with Gasteiger partial charge < -0.3 is 4.74 Å². The summed E-state index contributed by atoms with van der Waals surface area (Å²) in [6.07, 6.45) is 2.11. The van der Waals surface area contributed by atoms with Crippen LogP contribution in [-0.4, -0.2) is 19.0 Å². The SMILES string of the molecule is COC(C)CCC(=O)Cc1cc(C)cc(C)c1. The summed E-state index contributed by atoms with van der Waals surface area (Å²) < 4.78 is 5.14. The molecule has 0 spiro atoms. The molecule has 0 aliphatic rings. The summed E-state index contributed by atoms with van der Waals surface area (Å²) in [5.74, 6) is 0.291. The third-order valence-corrected chi connectivity index (χ3v) is 2.91. The topological polar surface area (TPSA) is 26.3 Å². The smallest absolute Gasteiger partial charge is 0.137 e. The van der Waals surface area contributed by atoms with Crippen LogP contribution in [0.1, 0.15) is 36.5 Å². The van der Waals surface area contributed by atoms with Crippen molar-refractivity contribution in [1.82, 2.24) is 0 Å². The maximum atomic E-state index is 11.8. The summed E-state index contributed by atoms with van der Waals surface area (Å²) in [5.41, 5.74) is 3.56. The van der Waals surface area contributed by atoms with Crippen molar-refractivity contribution in [2.45, 2.75) is 46.1 Å². The van der Waals surface area contributed by atoms with Crippen LogP contribution in [0.4, 0.5) is 0 Å². The van der Waals surface area contributed by atoms with E-state index in [4.69, 9.17) is 4.74 Å². The minimum Gasteiger partial charge on any atom is -0.382 e. The number of aryl methyl sites for hydroxylation is 2. The number of rotatable bonds is 6. The Morgan fingerprint density at radius 1 is 1.24 bits per heavy atom. The Morgan fingerprint density at radius 3 is 2.35 bits per heavy atom. The van der Waals surface area contributed by atoms with Crippen LogP contribution in [0.25, 0.3) is 0 Å². The maximum Gasteiger partial charge on any atom is 0.137 e. The van der Waals surface area contributed by atoms with E-state index in [0.717, 1.165) is 12.0 Å². The molecule has 0 saturated carbocycles. The zero-order valence-electron chi connectivity index (χ0n) is 11.2. The zero-order chi connectivity index (χ0) is 12.8. The first kappa shape index (κ1) is 13.9. The van der Waals surface area contributed by atoms with Crippen molar-refractivity contribution >= 4 is 5.78 Å². The fraction of sp³-hybridized carbons (Fsp3) is 0.533. The first-order valence-electron chi connectivity index (χ1n) is 6.13. The molecule has 0 aromatic heterocycles. The normalized spacial score (nSPS) is 12.5. The third kappa shape index (κ3) is 5.14. The van der Waals surface area contributed by atoms with Crippen LogP contribution in [0.2, 0.25) is 0 Å². The molecule has 0 fully saturated rings. The first-order valence-corrected chi connectivity index (χ1v) is 6.13. The van der Waals surface area contributed by atoms with Crippen LogP contribution in [0.3, 0.4) is 0 Å².